The van der Waals surface area contributed by atoms with Gasteiger partial charge in [-0.15, -0.1) is 0 Å². The monoisotopic (exact) mass is 388 g/mol. The Morgan fingerprint density at radius 3 is 2.67 bits per heavy atom. The van der Waals surface area contributed by atoms with Gasteiger partial charge >= 0.3 is 0 Å². The highest BCUT2D eigenvalue weighted by molar-refractivity contribution is 7.92. The van der Waals surface area contributed by atoms with Crippen LogP contribution in [0.25, 0.3) is 0 Å². The number of carbonyl (C=O) groups is 1. The molecule has 0 atom stereocenters. The summed E-state index contributed by atoms with van der Waals surface area (Å²) >= 11 is 0. The average molecular weight is 388 g/mol. The summed E-state index contributed by atoms with van der Waals surface area (Å²) in [6.07, 6.45) is 2.74. The number of hydrogen-bond donors (Lipinski definition) is 2. The third kappa shape index (κ3) is 4.39. The quantitative estimate of drug-likeness (QED) is 0.761. The zero-order valence-electron chi connectivity index (χ0n) is 15.7. The Hall–Kier alpha value is -2.61. The van der Waals surface area contributed by atoms with Crippen LogP contribution >= 0.6 is 0 Å². The minimum absolute atomic E-state index is 0.0442. The molecule has 2 N–H and O–H groups in total. The van der Waals surface area contributed by atoms with Crippen LogP contribution in [0, 0.1) is 5.92 Å². The minimum atomic E-state index is -3.75. The van der Waals surface area contributed by atoms with E-state index in [0.717, 1.165) is 18.7 Å². The predicted octanol–water partition coefficient (Wildman–Crippen LogP) is 2.86. The first-order chi connectivity index (χ1) is 12.8. The van der Waals surface area contributed by atoms with Crippen molar-refractivity contribution in [2.75, 3.05) is 28.5 Å². The number of likely N-dealkylation sites (N-methyl/N-ethyl adjacent to an activating group) is 1. The molecule has 2 heterocycles. The lowest BCUT2D eigenvalue weighted by atomic mass is 10.1. The standard InChI is InChI=1S/C19H24N4O3S/c1-13(2)8-9-20-18-7-4-15(12-21-18)22-27(25,26)16-5-6-17-14(10-16)11-19(24)23(17)3/h4-7,10,12-13,22H,8-9,11H2,1-3H3,(H,20,21). The lowest BCUT2D eigenvalue weighted by Crippen LogP contribution is -2.20. The van der Waals surface area contributed by atoms with Crippen molar-refractivity contribution in [1.82, 2.24) is 4.98 Å². The average Bonchev–Trinajstić information content (AvgIpc) is 2.90. The minimum Gasteiger partial charge on any atom is -0.370 e. The zero-order chi connectivity index (χ0) is 19.6. The van der Waals surface area contributed by atoms with E-state index >= 15 is 0 Å². The molecular weight excluding hydrogens is 364 g/mol. The second-order valence-electron chi connectivity index (χ2n) is 7.07. The summed E-state index contributed by atoms with van der Waals surface area (Å²) in [6, 6.07) is 8.14. The summed E-state index contributed by atoms with van der Waals surface area (Å²) in [7, 11) is -2.07. The van der Waals surface area contributed by atoms with Crippen molar-refractivity contribution in [3.63, 3.8) is 0 Å². The topological polar surface area (TPSA) is 91.4 Å². The second-order valence-corrected chi connectivity index (χ2v) is 8.75. The number of hydrogen-bond acceptors (Lipinski definition) is 5. The van der Waals surface area contributed by atoms with Gasteiger partial charge in [0, 0.05) is 19.3 Å². The van der Waals surface area contributed by atoms with Crippen LogP contribution in [0.5, 0.6) is 0 Å². The lowest BCUT2D eigenvalue weighted by molar-refractivity contribution is -0.117. The summed E-state index contributed by atoms with van der Waals surface area (Å²) in [4.78, 5) is 17.7. The molecule has 144 valence electrons. The number of amides is 1. The highest BCUT2D eigenvalue weighted by Gasteiger charge is 2.26. The number of anilines is 3. The van der Waals surface area contributed by atoms with Crippen LogP contribution in [-0.4, -0.2) is 32.9 Å². The maximum absolute atomic E-state index is 12.6. The first kappa shape index (κ1) is 19.2. The molecule has 0 fully saturated rings. The lowest BCUT2D eigenvalue weighted by Gasteiger charge is -2.12. The molecule has 1 amide bonds. The predicted molar refractivity (Wildman–Crippen MR) is 107 cm³/mol. The Morgan fingerprint density at radius 2 is 2.00 bits per heavy atom. The van der Waals surface area contributed by atoms with Gasteiger partial charge in [-0.1, -0.05) is 13.8 Å². The van der Waals surface area contributed by atoms with Crippen LogP contribution < -0.4 is 14.9 Å². The Bertz CT molecular complexity index is 940. The van der Waals surface area contributed by atoms with Gasteiger partial charge in [0.25, 0.3) is 10.0 Å². The number of aromatic nitrogens is 1. The fraction of sp³-hybridized carbons (Fsp3) is 0.368. The summed E-state index contributed by atoms with van der Waals surface area (Å²) in [6.45, 7) is 5.12. The van der Waals surface area contributed by atoms with Crippen molar-refractivity contribution in [2.45, 2.75) is 31.6 Å². The SMILES string of the molecule is CC(C)CCNc1ccc(NS(=O)(=O)c2ccc3c(c2)CC(=O)N3C)cn1. The van der Waals surface area contributed by atoms with Crippen LogP contribution in [0.2, 0.25) is 0 Å². The van der Waals surface area contributed by atoms with E-state index in [0.29, 0.717) is 23.0 Å². The van der Waals surface area contributed by atoms with Gasteiger partial charge in [-0.3, -0.25) is 9.52 Å². The van der Waals surface area contributed by atoms with E-state index in [4.69, 9.17) is 0 Å². The van der Waals surface area contributed by atoms with E-state index in [9.17, 15) is 13.2 Å². The summed E-state index contributed by atoms with van der Waals surface area (Å²) in [5.74, 6) is 1.26. The molecule has 2 aromatic rings. The number of carbonyl (C=O) groups excluding carboxylic acids is 1. The number of pyridine rings is 1. The molecule has 8 heteroatoms. The molecule has 0 aliphatic carbocycles. The first-order valence-electron chi connectivity index (χ1n) is 8.88. The van der Waals surface area contributed by atoms with Crippen molar-refractivity contribution < 1.29 is 13.2 Å². The summed E-state index contributed by atoms with van der Waals surface area (Å²) in [5, 5.41) is 3.21. The van der Waals surface area contributed by atoms with Crippen LogP contribution in [0.3, 0.4) is 0 Å². The maximum atomic E-state index is 12.6. The molecule has 0 unspecified atom stereocenters. The molecular formula is C19H24N4O3S. The molecule has 0 spiro atoms. The summed E-state index contributed by atoms with van der Waals surface area (Å²) in [5.41, 5.74) is 1.85. The molecule has 0 saturated heterocycles. The van der Waals surface area contributed by atoms with E-state index in [1.165, 1.54) is 17.2 Å². The maximum Gasteiger partial charge on any atom is 0.261 e. The Labute approximate surface area is 159 Å². The van der Waals surface area contributed by atoms with Crippen LogP contribution in [0.15, 0.2) is 41.4 Å². The van der Waals surface area contributed by atoms with Crippen LogP contribution in [0.4, 0.5) is 17.2 Å². The molecule has 7 nitrogen and oxygen atoms in total. The number of nitrogens with one attached hydrogen (secondary N) is 2. The van der Waals surface area contributed by atoms with Gasteiger partial charge in [-0.2, -0.15) is 0 Å². The second kappa shape index (κ2) is 7.56. The number of rotatable bonds is 7. The molecule has 1 aromatic carbocycles. The first-order valence-corrected chi connectivity index (χ1v) is 10.4. The van der Waals surface area contributed by atoms with Crippen molar-refractivity contribution in [1.29, 1.82) is 0 Å². The van der Waals surface area contributed by atoms with Gasteiger partial charge in [-0.05, 0) is 48.2 Å². The molecule has 1 aliphatic heterocycles. The van der Waals surface area contributed by atoms with E-state index in [1.54, 1.807) is 31.3 Å². The molecule has 1 aromatic heterocycles. The number of sulfonamides is 1. The molecule has 0 bridgehead atoms. The zero-order valence-corrected chi connectivity index (χ0v) is 16.5. The van der Waals surface area contributed by atoms with Crippen molar-refractivity contribution in [2.24, 2.45) is 5.92 Å². The molecule has 27 heavy (non-hydrogen) atoms. The number of fused-ring (bicyclic) bond motifs is 1. The van der Waals surface area contributed by atoms with Crippen LogP contribution in [0.1, 0.15) is 25.8 Å². The van der Waals surface area contributed by atoms with E-state index in [-0.39, 0.29) is 17.2 Å². The number of benzene rings is 1. The molecule has 1 aliphatic rings. The van der Waals surface area contributed by atoms with E-state index < -0.39 is 10.0 Å². The Morgan fingerprint density at radius 1 is 1.22 bits per heavy atom. The van der Waals surface area contributed by atoms with Gasteiger partial charge in [0.15, 0.2) is 0 Å². The van der Waals surface area contributed by atoms with Gasteiger partial charge in [0.05, 0.1) is 23.2 Å². The van der Waals surface area contributed by atoms with E-state index in [1.807, 2.05) is 0 Å². The Balaban J connectivity index is 1.70. The highest BCUT2D eigenvalue weighted by Crippen LogP contribution is 2.30. The fourth-order valence-electron chi connectivity index (χ4n) is 2.88. The highest BCUT2D eigenvalue weighted by atomic mass is 32.2. The van der Waals surface area contributed by atoms with Gasteiger partial charge < -0.3 is 10.2 Å². The van der Waals surface area contributed by atoms with Crippen molar-refractivity contribution in [3.05, 3.63) is 42.1 Å². The van der Waals surface area contributed by atoms with E-state index in [2.05, 4.69) is 28.9 Å². The molecule has 3 rings (SSSR count). The van der Waals surface area contributed by atoms with Gasteiger partial charge in [0.2, 0.25) is 5.91 Å². The third-order valence-electron chi connectivity index (χ3n) is 4.48. The number of nitrogens with zero attached hydrogens (tertiary/aromatic N) is 2. The molecule has 0 saturated carbocycles. The molecule has 0 radical (unpaired) electrons. The third-order valence-corrected chi connectivity index (χ3v) is 5.86. The summed E-state index contributed by atoms with van der Waals surface area (Å²) < 4.78 is 27.8. The largest absolute Gasteiger partial charge is 0.370 e. The van der Waals surface area contributed by atoms with Gasteiger partial charge in [0.1, 0.15) is 5.82 Å². The normalized spacial score (nSPS) is 13.8. The van der Waals surface area contributed by atoms with Crippen LogP contribution in [-0.2, 0) is 21.2 Å². The smallest absolute Gasteiger partial charge is 0.261 e. The van der Waals surface area contributed by atoms with Crippen molar-refractivity contribution in [3.8, 4) is 0 Å². The Kier molecular flexibility index (Phi) is 5.36. The van der Waals surface area contributed by atoms with Crippen molar-refractivity contribution >= 4 is 33.1 Å². The van der Waals surface area contributed by atoms with Gasteiger partial charge in [-0.25, -0.2) is 13.4 Å². The fourth-order valence-corrected chi connectivity index (χ4v) is 3.97.